The molecule has 2 heterocycles. The molecule has 2 fully saturated rings. The molecule has 0 atom stereocenters. The van der Waals surface area contributed by atoms with Gasteiger partial charge in [0.2, 0.25) is 0 Å². The maximum Gasteiger partial charge on any atom is 0.337 e. The average molecular weight is 367 g/mol. The first-order valence-electron chi connectivity index (χ1n) is 9.53. The lowest BCUT2D eigenvalue weighted by molar-refractivity contribution is -0.0598. The molecular formula is C21H25N3O3. The molecule has 1 saturated carbocycles. The van der Waals surface area contributed by atoms with Gasteiger partial charge in [-0.15, -0.1) is 0 Å². The van der Waals surface area contributed by atoms with E-state index in [1.807, 2.05) is 18.2 Å². The number of ether oxygens (including phenoxy) is 1. The number of carbonyl (C=O) groups is 1. The van der Waals surface area contributed by atoms with Crippen LogP contribution in [-0.2, 0) is 11.3 Å². The summed E-state index contributed by atoms with van der Waals surface area (Å²) >= 11 is 0. The van der Waals surface area contributed by atoms with E-state index >= 15 is 0 Å². The highest BCUT2D eigenvalue weighted by Crippen LogP contribution is 2.30. The van der Waals surface area contributed by atoms with Crippen molar-refractivity contribution in [3.05, 3.63) is 59.8 Å². The van der Waals surface area contributed by atoms with Gasteiger partial charge in [-0.05, 0) is 30.5 Å². The third kappa shape index (κ3) is 4.28. The van der Waals surface area contributed by atoms with Gasteiger partial charge in [0, 0.05) is 38.4 Å². The van der Waals surface area contributed by atoms with Gasteiger partial charge in [0.1, 0.15) is 5.82 Å². The van der Waals surface area contributed by atoms with Crippen molar-refractivity contribution in [3.8, 4) is 0 Å². The van der Waals surface area contributed by atoms with E-state index < -0.39 is 5.97 Å². The monoisotopic (exact) mass is 367 g/mol. The first-order valence-corrected chi connectivity index (χ1v) is 9.53. The van der Waals surface area contributed by atoms with Crippen molar-refractivity contribution in [2.24, 2.45) is 0 Å². The topological polar surface area (TPSA) is 65.9 Å². The molecule has 2 aliphatic rings. The number of carboxylic acid groups (broad SMARTS) is 1. The minimum Gasteiger partial charge on any atom is -0.478 e. The Kier molecular flexibility index (Phi) is 5.36. The summed E-state index contributed by atoms with van der Waals surface area (Å²) in [5, 5.41) is 8.97. The Hall–Kier alpha value is -2.44. The number of rotatable bonds is 6. The third-order valence-corrected chi connectivity index (χ3v) is 5.55. The molecule has 1 aromatic carbocycles. The van der Waals surface area contributed by atoms with Gasteiger partial charge in [0.15, 0.2) is 0 Å². The maximum absolute atomic E-state index is 10.9. The molecule has 142 valence electrons. The Balaban J connectivity index is 1.19. The zero-order valence-corrected chi connectivity index (χ0v) is 15.3. The standard InChI is InChI=1S/C21H25N3O3/c25-21(26)17-6-7-20(22-14-17)24-10-8-23(9-11-24)18-12-19(13-18)27-15-16-4-2-1-3-5-16/h1-7,14,18-19H,8-13,15H2,(H,25,26). The predicted octanol–water partition coefficient (Wildman–Crippen LogP) is 2.65. The lowest BCUT2D eigenvalue weighted by Crippen LogP contribution is -2.55. The smallest absolute Gasteiger partial charge is 0.337 e. The molecule has 6 heteroatoms. The summed E-state index contributed by atoms with van der Waals surface area (Å²) in [4.78, 5) is 20.0. The van der Waals surface area contributed by atoms with Crippen LogP contribution in [0, 0.1) is 0 Å². The van der Waals surface area contributed by atoms with Gasteiger partial charge in [-0.3, -0.25) is 4.90 Å². The predicted molar refractivity (Wildman–Crippen MR) is 103 cm³/mol. The fraction of sp³-hybridized carbons (Fsp3) is 0.429. The molecule has 1 aliphatic carbocycles. The normalized spacial score (nSPS) is 23.0. The van der Waals surface area contributed by atoms with Gasteiger partial charge in [-0.1, -0.05) is 30.3 Å². The lowest BCUT2D eigenvalue weighted by atomic mass is 9.87. The number of carboxylic acids is 1. The highest BCUT2D eigenvalue weighted by atomic mass is 16.5. The highest BCUT2D eigenvalue weighted by Gasteiger charge is 2.35. The van der Waals surface area contributed by atoms with Gasteiger partial charge < -0.3 is 14.7 Å². The Morgan fingerprint density at radius 3 is 2.44 bits per heavy atom. The lowest BCUT2D eigenvalue weighted by Gasteiger charge is -2.46. The van der Waals surface area contributed by atoms with Crippen LogP contribution in [-0.4, -0.2) is 59.3 Å². The molecule has 27 heavy (non-hydrogen) atoms. The summed E-state index contributed by atoms with van der Waals surface area (Å²) < 4.78 is 6.01. The first-order chi connectivity index (χ1) is 13.2. The van der Waals surface area contributed by atoms with Crippen molar-refractivity contribution in [1.29, 1.82) is 0 Å². The second kappa shape index (κ2) is 8.06. The molecule has 4 rings (SSSR count). The van der Waals surface area contributed by atoms with Crippen molar-refractivity contribution in [2.45, 2.75) is 31.6 Å². The van der Waals surface area contributed by atoms with Gasteiger partial charge in [0.25, 0.3) is 0 Å². The molecule has 0 unspecified atom stereocenters. The van der Waals surface area contributed by atoms with E-state index in [0.717, 1.165) is 44.8 Å². The Labute approximate surface area is 159 Å². The first kappa shape index (κ1) is 17.9. The SMILES string of the molecule is O=C(O)c1ccc(N2CCN(C3CC(OCc4ccccc4)C3)CC2)nc1. The van der Waals surface area contributed by atoms with Gasteiger partial charge >= 0.3 is 5.97 Å². The largest absolute Gasteiger partial charge is 0.478 e. The molecule has 1 saturated heterocycles. The minimum atomic E-state index is -0.937. The van der Waals surface area contributed by atoms with Crippen molar-refractivity contribution in [1.82, 2.24) is 9.88 Å². The summed E-state index contributed by atoms with van der Waals surface area (Å²) in [5.74, 6) is -0.0785. The molecule has 0 spiro atoms. The van der Waals surface area contributed by atoms with Crippen LogP contribution < -0.4 is 4.90 Å². The Morgan fingerprint density at radius 1 is 1.07 bits per heavy atom. The number of pyridine rings is 1. The molecular weight excluding hydrogens is 342 g/mol. The molecule has 6 nitrogen and oxygen atoms in total. The Morgan fingerprint density at radius 2 is 1.81 bits per heavy atom. The van der Waals surface area contributed by atoms with Gasteiger partial charge in [-0.25, -0.2) is 9.78 Å². The molecule has 0 amide bonds. The second-order valence-corrected chi connectivity index (χ2v) is 7.28. The van der Waals surface area contributed by atoms with Crippen LogP contribution in [0.5, 0.6) is 0 Å². The van der Waals surface area contributed by atoms with Crippen molar-refractivity contribution in [2.75, 3.05) is 31.1 Å². The fourth-order valence-corrected chi connectivity index (χ4v) is 3.78. The third-order valence-electron chi connectivity index (χ3n) is 5.55. The number of hydrogen-bond donors (Lipinski definition) is 1. The Bertz CT molecular complexity index is 752. The van der Waals surface area contributed by atoms with E-state index in [4.69, 9.17) is 9.84 Å². The van der Waals surface area contributed by atoms with Crippen molar-refractivity contribution < 1.29 is 14.6 Å². The zero-order chi connectivity index (χ0) is 18.6. The molecule has 0 bridgehead atoms. The van der Waals surface area contributed by atoms with E-state index in [1.165, 1.54) is 11.8 Å². The van der Waals surface area contributed by atoms with Crippen LogP contribution >= 0.6 is 0 Å². The molecule has 2 aromatic rings. The summed E-state index contributed by atoms with van der Waals surface area (Å²) in [7, 11) is 0. The van der Waals surface area contributed by atoms with Crippen LogP contribution in [0.3, 0.4) is 0 Å². The number of hydrogen-bond acceptors (Lipinski definition) is 5. The molecule has 1 aromatic heterocycles. The summed E-state index contributed by atoms with van der Waals surface area (Å²) in [6.45, 7) is 4.57. The second-order valence-electron chi connectivity index (χ2n) is 7.28. The van der Waals surface area contributed by atoms with E-state index in [0.29, 0.717) is 18.8 Å². The van der Waals surface area contributed by atoms with Gasteiger partial charge in [0.05, 0.1) is 18.3 Å². The van der Waals surface area contributed by atoms with Crippen LogP contribution in [0.4, 0.5) is 5.82 Å². The number of piperazine rings is 1. The summed E-state index contributed by atoms with van der Waals surface area (Å²) in [5.41, 5.74) is 1.46. The number of anilines is 1. The van der Waals surface area contributed by atoms with Crippen LogP contribution in [0.15, 0.2) is 48.7 Å². The number of benzene rings is 1. The zero-order valence-electron chi connectivity index (χ0n) is 15.3. The average Bonchev–Trinajstić information content (AvgIpc) is 2.68. The van der Waals surface area contributed by atoms with Crippen molar-refractivity contribution in [3.63, 3.8) is 0 Å². The van der Waals surface area contributed by atoms with Crippen LogP contribution in [0.25, 0.3) is 0 Å². The van der Waals surface area contributed by atoms with Gasteiger partial charge in [-0.2, -0.15) is 0 Å². The quantitative estimate of drug-likeness (QED) is 0.847. The summed E-state index contributed by atoms with van der Waals surface area (Å²) in [6.07, 6.45) is 4.03. The molecule has 1 aliphatic heterocycles. The number of aromatic carboxylic acids is 1. The number of nitrogens with zero attached hydrogens (tertiary/aromatic N) is 3. The van der Waals surface area contributed by atoms with E-state index in [1.54, 1.807) is 12.1 Å². The maximum atomic E-state index is 10.9. The molecule has 1 N–H and O–H groups in total. The van der Waals surface area contributed by atoms with Crippen LogP contribution in [0.1, 0.15) is 28.8 Å². The fourth-order valence-electron chi connectivity index (χ4n) is 3.78. The minimum absolute atomic E-state index is 0.230. The van der Waals surface area contributed by atoms with E-state index in [-0.39, 0.29) is 5.56 Å². The van der Waals surface area contributed by atoms with Crippen molar-refractivity contribution >= 4 is 11.8 Å². The van der Waals surface area contributed by atoms with E-state index in [2.05, 4.69) is 26.9 Å². The molecule has 0 radical (unpaired) electrons. The number of aromatic nitrogens is 1. The highest BCUT2D eigenvalue weighted by molar-refractivity contribution is 5.87. The van der Waals surface area contributed by atoms with E-state index in [9.17, 15) is 4.79 Å². The van der Waals surface area contributed by atoms with Crippen LogP contribution in [0.2, 0.25) is 0 Å². The summed E-state index contributed by atoms with van der Waals surface area (Å²) in [6, 6.07) is 14.4.